The molecule has 3 aromatic heterocycles. The Kier molecular flexibility index (Phi) is 6.17. The smallest absolute Gasteiger partial charge is 0.263 e. The molecule has 0 saturated carbocycles. The Morgan fingerprint density at radius 1 is 1.06 bits per heavy atom. The number of carbonyl (C=O) groups is 1. The molecule has 34 heavy (non-hydrogen) atoms. The van der Waals surface area contributed by atoms with E-state index in [1.54, 1.807) is 10.8 Å². The van der Waals surface area contributed by atoms with Crippen LogP contribution >= 0.6 is 23.1 Å². The summed E-state index contributed by atoms with van der Waals surface area (Å²) in [6, 6.07) is 19.4. The topological polar surface area (TPSA) is 76.9 Å². The highest BCUT2D eigenvalue weighted by molar-refractivity contribution is 7.99. The standard InChI is InChI=1S/C26H22N4O2S2/c1-16-17(2)34-24-23(16)25(32)30(14-19-10-5-6-13-27-19)26(29-24)33-15-22(31)28-21-12-7-9-18-8-3-4-11-20(18)21/h3-13H,14-15H2,1-2H3,(H,28,31). The van der Waals surface area contributed by atoms with Crippen LogP contribution in [-0.2, 0) is 11.3 Å². The number of pyridine rings is 1. The highest BCUT2D eigenvalue weighted by Crippen LogP contribution is 2.29. The number of amides is 1. The number of nitrogens with one attached hydrogen (secondary N) is 1. The van der Waals surface area contributed by atoms with E-state index < -0.39 is 0 Å². The highest BCUT2D eigenvalue weighted by atomic mass is 32.2. The molecule has 0 radical (unpaired) electrons. The molecule has 0 unspecified atom stereocenters. The number of fused-ring (bicyclic) bond motifs is 2. The zero-order chi connectivity index (χ0) is 23.7. The van der Waals surface area contributed by atoms with E-state index in [2.05, 4.69) is 10.3 Å². The third kappa shape index (κ3) is 4.34. The van der Waals surface area contributed by atoms with E-state index >= 15 is 0 Å². The lowest BCUT2D eigenvalue weighted by Gasteiger charge is -2.12. The van der Waals surface area contributed by atoms with E-state index in [9.17, 15) is 9.59 Å². The molecule has 0 aliphatic heterocycles. The molecule has 170 valence electrons. The van der Waals surface area contributed by atoms with Crippen LogP contribution < -0.4 is 10.9 Å². The molecule has 0 saturated heterocycles. The van der Waals surface area contributed by atoms with Crippen molar-refractivity contribution in [3.63, 3.8) is 0 Å². The van der Waals surface area contributed by atoms with Crippen molar-refractivity contribution >= 4 is 55.7 Å². The van der Waals surface area contributed by atoms with Crippen LogP contribution in [-0.4, -0.2) is 26.2 Å². The molecule has 5 rings (SSSR count). The summed E-state index contributed by atoms with van der Waals surface area (Å²) in [6.45, 7) is 4.24. The van der Waals surface area contributed by atoms with Gasteiger partial charge in [0.1, 0.15) is 4.83 Å². The number of benzene rings is 2. The maximum Gasteiger partial charge on any atom is 0.263 e. The zero-order valence-electron chi connectivity index (χ0n) is 18.7. The van der Waals surface area contributed by atoms with Gasteiger partial charge in [0, 0.05) is 22.1 Å². The first kappa shape index (κ1) is 22.3. The lowest BCUT2D eigenvalue weighted by molar-refractivity contribution is -0.113. The van der Waals surface area contributed by atoms with E-state index in [4.69, 9.17) is 4.98 Å². The fourth-order valence-electron chi connectivity index (χ4n) is 3.86. The van der Waals surface area contributed by atoms with Crippen molar-refractivity contribution < 1.29 is 4.79 Å². The van der Waals surface area contributed by atoms with Crippen molar-refractivity contribution in [3.8, 4) is 0 Å². The molecular formula is C26H22N4O2S2. The molecule has 0 aliphatic carbocycles. The fourth-order valence-corrected chi connectivity index (χ4v) is 5.73. The number of carbonyl (C=O) groups excluding carboxylic acids is 1. The van der Waals surface area contributed by atoms with Crippen LogP contribution in [0.3, 0.4) is 0 Å². The molecular weight excluding hydrogens is 464 g/mol. The summed E-state index contributed by atoms with van der Waals surface area (Å²) in [4.78, 5) is 37.2. The Balaban J connectivity index is 1.45. The predicted molar refractivity (Wildman–Crippen MR) is 140 cm³/mol. The van der Waals surface area contributed by atoms with Crippen LogP contribution in [0.2, 0.25) is 0 Å². The summed E-state index contributed by atoms with van der Waals surface area (Å²) in [5, 5.41) is 6.21. The minimum absolute atomic E-state index is 0.102. The Labute approximate surface area is 204 Å². The molecule has 0 fully saturated rings. The summed E-state index contributed by atoms with van der Waals surface area (Å²) < 4.78 is 1.62. The number of aromatic nitrogens is 3. The van der Waals surface area contributed by atoms with E-state index in [0.717, 1.165) is 32.6 Å². The van der Waals surface area contributed by atoms with Crippen LogP contribution in [0.5, 0.6) is 0 Å². The zero-order valence-corrected chi connectivity index (χ0v) is 20.4. The van der Waals surface area contributed by atoms with Crippen molar-refractivity contribution in [2.24, 2.45) is 0 Å². The van der Waals surface area contributed by atoms with E-state index in [-0.39, 0.29) is 17.2 Å². The summed E-state index contributed by atoms with van der Waals surface area (Å²) in [5.74, 6) is -0.0224. The highest BCUT2D eigenvalue weighted by Gasteiger charge is 2.18. The lowest BCUT2D eigenvalue weighted by Crippen LogP contribution is -2.25. The first-order valence-electron chi connectivity index (χ1n) is 10.8. The van der Waals surface area contributed by atoms with E-state index in [0.29, 0.717) is 21.9 Å². The minimum atomic E-state index is -0.154. The van der Waals surface area contributed by atoms with Crippen LogP contribution in [0.15, 0.2) is 76.8 Å². The first-order chi connectivity index (χ1) is 16.5. The second-order valence-corrected chi connectivity index (χ2v) is 10.1. The molecule has 5 aromatic rings. The maximum absolute atomic E-state index is 13.5. The lowest BCUT2D eigenvalue weighted by atomic mass is 10.1. The molecule has 1 amide bonds. The van der Waals surface area contributed by atoms with Crippen LogP contribution in [0.4, 0.5) is 5.69 Å². The maximum atomic E-state index is 13.5. The Morgan fingerprint density at radius 2 is 1.85 bits per heavy atom. The molecule has 1 N–H and O–H groups in total. The van der Waals surface area contributed by atoms with Gasteiger partial charge in [0.05, 0.1) is 23.4 Å². The Bertz CT molecular complexity index is 1570. The van der Waals surface area contributed by atoms with Crippen LogP contribution in [0, 0.1) is 13.8 Å². The summed E-state index contributed by atoms with van der Waals surface area (Å²) in [6.07, 6.45) is 1.71. The van der Waals surface area contributed by atoms with E-state index in [1.165, 1.54) is 23.1 Å². The quantitative estimate of drug-likeness (QED) is 0.257. The minimum Gasteiger partial charge on any atom is -0.325 e. The number of nitrogens with zero attached hydrogens (tertiary/aromatic N) is 3. The number of thioether (sulfide) groups is 1. The summed E-state index contributed by atoms with van der Waals surface area (Å²) >= 11 is 2.77. The van der Waals surface area contributed by atoms with Gasteiger partial charge in [0.2, 0.25) is 5.91 Å². The van der Waals surface area contributed by atoms with Gasteiger partial charge in [0.25, 0.3) is 5.56 Å². The summed E-state index contributed by atoms with van der Waals surface area (Å²) in [7, 11) is 0. The van der Waals surface area contributed by atoms with Gasteiger partial charge >= 0.3 is 0 Å². The van der Waals surface area contributed by atoms with Gasteiger partial charge in [-0.15, -0.1) is 11.3 Å². The second kappa shape index (κ2) is 9.40. The number of aryl methyl sites for hydroxylation is 2. The van der Waals surface area contributed by atoms with Crippen molar-refractivity contribution in [2.45, 2.75) is 25.5 Å². The number of thiophene rings is 1. The third-order valence-corrected chi connectivity index (χ3v) is 7.77. The largest absolute Gasteiger partial charge is 0.325 e. The van der Waals surface area contributed by atoms with Crippen molar-refractivity contribution in [2.75, 3.05) is 11.1 Å². The average molecular weight is 487 g/mol. The Hall–Kier alpha value is -3.49. The average Bonchev–Trinajstić information content (AvgIpc) is 3.14. The number of hydrogen-bond acceptors (Lipinski definition) is 6. The SMILES string of the molecule is Cc1sc2nc(SCC(=O)Nc3cccc4ccccc34)n(Cc3ccccn3)c(=O)c2c1C. The Morgan fingerprint density at radius 3 is 2.68 bits per heavy atom. The third-order valence-electron chi connectivity index (χ3n) is 5.70. The number of rotatable bonds is 6. The number of anilines is 1. The van der Waals surface area contributed by atoms with Gasteiger partial charge in [-0.3, -0.25) is 19.1 Å². The van der Waals surface area contributed by atoms with Crippen molar-refractivity contribution in [1.82, 2.24) is 14.5 Å². The molecule has 2 aromatic carbocycles. The van der Waals surface area contributed by atoms with Crippen LogP contribution in [0.25, 0.3) is 21.0 Å². The molecule has 6 nitrogen and oxygen atoms in total. The number of hydrogen-bond donors (Lipinski definition) is 1. The van der Waals surface area contributed by atoms with Crippen molar-refractivity contribution in [1.29, 1.82) is 0 Å². The van der Waals surface area contributed by atoms with Gasteiger partial charge in [-0.1, -0.05) is 54.2 Å². The molecule has 0 atom stereocenters. The van der Waals surface area contributed by atoms with Gasteiger partial charge in [-0.2, -0.15) is 0 Å². The van der Waals surface area contributed by atoms with Gasteiger partial charge < -0.3 is 5.32 Å². The van der Waals surface area contributed by atoms with Gasteiger partial charge in [-0.05, 0) is 43.0 Å². The van der Waals surface area contributed by atoms with Gasteiger partial charge in [-0.25, -0.2) is 4.98 Å². The molecule has 0 bridgehead atoms. The summed E-state index contributed by atoms with van der Waals surface area (Å²) in [5.41, 5.74) is 2.38. The molecule has 8 heteroatoms. The van der Waals surface area contributed by atoms with Gasteiger partial charge in [0.15, 0.2) is 5.16 Å². The molecule has 0 aliphatic rings. The normalized spacial score (nSPS) is 11.2. The molecule has 0 spiro atoms. The van der Waals surface area contributed by atoms with E-state index in [1.807, 2.05) is 74.5 Å². The second-order valence-electron chi connectivity index (χ2n) is 7.93. The fraction of sp³-hybridized carbons (Fsp3) is 0.154. The van der Waals surface area contributed by atoms with Crippen molar-refractivity contribution in [3.05, 3.63) is 93.3 Å². The monoisotopic (exact) mass is 486 g/mol. The predicted octanol–water partition coefficient (Wildman–Crippen LogP) is 5.40. The first-order valence-corrected chi connectivity index (χ1v) is 12.6. The molecule has 3 heterocycles. The van der Waals surface area contributed by atoms with Crippen LogP contribution in [0.1, 0.15) is 16.1 Å².